The number of nitrogens with zero attached hydrogens (tertiary/aromatic N) is 3. The Morgan fingerprint density at radius 1 is 1.24 bits per heavy atom. The average molecular weight is 339 g/mol. The molecule has 1 saturated heterocycles. The Balaban J connectivity index is 1.41. The van der Waals surface area contributed by atoms with Gasteiger partial charge in [0.2, 0.25) is 5.91 Å². The minimum Gasteiger partial charge on any atom is -0.383 e. The van der Waals surface area contributed by atoms with E-state index in [2.05, 4.69) is 25.5 Å². The Bertz CT molecular complexity index is 656. The van der Waals surface area contributed by atoms with Crippen LogP contribution in [0, 0.1) is 5.92 Å². The number of piperidine rings is 1. The monoisotopic (exact) mass is 339 g/mol. The maximum Gasteiger partial charge on any atom is 0.223 e. The van der Waals surface area contributed by atoms with Crippen molar-refractivity contribution >= 4 is 17.4 Å². The van der Waals surface area contributed by atoms with Gasteiger partial charge in [-0.25, -0.2) is 4.98 Å². The summed E-state index contributed by atoms with van der Waals surface area (Å²) in [5.74, 6) is 1.12. The first-order valence-corrected chi connectivity index (χ1v) is 8.82. The fourth-order valence-electron chi connectivity index (χ4n) is 3.06. The molecule has 25 heavy (non-hydrogen) atoms. The van der Waals surface area contributed by atoms with Crippen LogP contribution in [0.4, 0.5) is 11.5 Å². The van der Waals surface area contributed by atoms with E-state index in [0.29, 0.717) is 6.54 Å². The van der Waals surface area contributed by atoms with E-state index >= 15 is 0 Å². The zero-order valence-electron chi connectivity index (χ0n) is 14.6. The van der Waals surface area contributed by atoms with E-state index in [9.17, 15) is 4.79 Å². The molecule has 2 aromatic rings. The number of hydrogen-bond acceptors (Lipinski definition) is 5. The third kappa shape index (κ3) is 4.92. The minimum atomic E-state index is 0.0760. The number of anilines is 2. The SMILES string of the molecule is CC(CNc1ccccc1)NC(=O)C1CCN(c2cnccn2)CC1. The van der Waals surface area contributed by atoms with Gasteiger partial charge in [0.1, 0.15) is 5.82 Å². The molecular formula is C19H25N5O. The Morgan fingerprint density at radius 2 is 2.00 bits per heavy atom. The van der Waals surface area contributed by atoms with Crippen molar-refractivity contribution in [2.24, 2.45) is 5.92 Å². The van der Waals surface area contributed by atoms with Crippen LogP contribution in [0.5, 0.6) is 0 Å². The van der Waals surface area contributed by atoms with E-state index < -0.39 is 0 Å². The number of rotatable bonds is 6. The molecule has 0 bridgehead atoms. The lowest BCUT2D eigenvalue weighted by Gasteiger charge is -2.32. The van der Waals surface area contributed by atoms with Gasteiger partial charge in [0.15, 0.2) is 0 Å². The molecule has 3 rings (SSSR count). The first-order valence-electron chi connectivity index (χ1n) is 8.82. The molecule has 0 radical (unpaired) electrons. The van der Waals surface area contributed by atoms with E-state index in [1.165, 1.54) is 0 Å². The summed E-state index contributed by atoms with van der Waals surface area (Å²) in [5, 5.41) is 6.47. The van der Waals surface area contributed by atoms with E-state index in [4.69, 9.17) is 0 Å². The van der Waals surface area contributed by atoms with Crippen molar-refractivity contribution in [3.05, 3.63) is 48.9 Å². The van der Waals surface area contributed by atoms with Gasteiger partial charge < -0.3 is 15.5 Å². The molecule has 1 atom stereocenters. The van der Waals surface area contributed by atoms with Gasteiger partial charge in [-0.3, -0.25) is 9.78 Å². The quantitative estimate of drug-likeness (QED) is 0.845. The van der Waals surface area contributed by atoms with Crippen LogP contribution >= 0.6 is 0 Å². The molecule has 1 amide bonds. The molecule has 1 fully saturated rings. The number of carbonyl (C=O) groups is 1. The van der Waals surface area contributed by atoms with Crippen LogP contribution in [0.2, 0.25) is 0 Å². The van der Waals surface area contributed by atoms with Crippen molar-refractivity contribution in [1.29, 1.82) is 0 Å². The van der Waals surface area contributed by atoms with Crippen LogP contribution < -0.4 is 15.5 Å². The van der Waals surface area contributed by atoms with Gasteiger partial charge in [0.25, 0.3) is 0 Å². The Kier molecular flexibility index (Phi) is 5.82. The van der Waals surface area contributed by atoms with Gasteiger partial charge in [0, 0.05) is 49.7 Å². The van der Waals surface area contributed by atoms with Crippen molar-refractivity contribution < 1.29 is 4.79 Å². The number of amides is 1. The van der Waals surface area contributed by atoms with Gasteiger partial charge in [-0.05, 0) is 31.9 Å². The lowest BCUT2D eigenvalue weighted by Crippen LogP contribution is -2.45. The molecule has 0 saturated carbocycles. The molecule has 6 nitrogen and oxygen atoms in total. The van der Waals surface area contributed by atoms with Crippen LogP contribution in [0.1, 0.15) is 19.8 Å². The highest BCUT2D eigenvalue weighted by Gasteiger charge is 2.26. The van der Waals surface area contributed by atoms with Crippen LogP contribution in [0.3, 0.4) is 0 Å². The molecule has 1 aromatic heterocycles. The zero-order chi connectivity index (χ0) is 17.5. The summed E-state index contributed by atoms with van der Waals surface area (Å²) in [6.45, 7) is 4.43. The summed E-state index contributed by atoms with van der Waals surface area (Å²) in [5.41, 5.74) is 1.07. The van der Waals surface area contributed by atoms with E-state index in [0.717, 1.165) is 37.4 Å². The second kappa shape index (κ2) is 8.46. The summed E-state index contributed by atoms with van der Waals surface area (Å²) in [7, 11) is 0. The molecule has 2 N–H and O–H groups in total. The summed E-state index contributed by atoms with van der Waals surface area (Å²) < 4.78 is 0. The van der Waals surface area contributed by atoms with Crippen LogP contribution in [-0.2, 0) is 4.79 Å². The van der Waals surface area contributed by atoms with Crippen molar-refractivity contribution in [1.82, 2.24) is 15.3 Å². The predicted molar refractivity (Wildman–Crippen MR) is 99.5 cm³/mol. The van der Waals surface area contributed by atoms with Crippen molar-refractivity contribution in [2.45, 2.75) is 25.8 Å². The molecule has 2 heterocycles. The first kappa shape index (κ1) is 17.2. The van der Waals surface area contributed by atoms with Crippen LogP contribution in [0.15, 0.2) is 48.9 Å². The van der Waals surface area contributed by atoms with Crippen LogP contribution in [0.25, 0.3) is 0 Å². The second-order valence-corrected chi connectivity index (χ2v) is 6.48. The van der Waals surface area contributed by atoms with Crippen LogP contribution in [-0.4, -0.2) is 41.6 Å². The van der Waals surface area contributed by atoms with Gasteiger partial charge >= 0.3 is 0 Å². The number of hydrogen-bond donors (Lipinski definition) is 2. The zero-order valence-corrected chi connectivity index (χ0v) is 14.6. The van der Waals surface area contributed by atoms with Gasteiger partial charge in [0.05, 0.1) is 6.20 Å². The first-order chi connectivity index (χ1) is 12.2. The number of aromatic nitrogens is 2. The number of carbonyl (C=O) groups excluding carboxylic acids is 1. The van der Waals surface area contributed by atoms with Gasteiger partial charge in [-0.15, -0.1) is 0 Å². The molecule has 1 aliphatic rings. The lowest BCUT2D eigenvalue weighted by atomic mass is 9.95. The second-order valence-electron chi connectivity index (χ2n) is 6.48. The smallest absolute Gasteiger partial charge is 0.223 e. The molecule has 1 aromatic carbocycles. The topological polar surface area (TPSA) is 70.2 Å². The maximum atomic E-state index is 12.5. The number of nitrogens with one attached hydrogen (secondary N) is 2. The third-order valence-corrected chi connectivity index (χ3v) is 4.51. The number of benzene rings is 1. The van der Waals surface area contributed by atoms with Crippen molar-refractivity contribution in [3.63, 3.8) is 0 Å². The fraction of sp³-hybridized carbons (Fsp3) is 0.421. The molecule has 132 valence electrons. The summed E-state index contributed by atoms with van der Waals surface area (Å²) in [6, 6.07) is 10.1. The normalized spacial score (nSPS) is 16.3. The van der Waals surface area contributed by atoms with E-state index in [1.54, 1.807) is 18.6 Å². The molecule has 0 aliphatic carbocycles. The van der Waals surface area contributed by atoms with Gasteiger partial charge in [-0.2, -0.15) is 0 Å². The van der Waals surface area contributed by atoms with Crippen molar-refractivity contribution in [3.8, 4) is 0 Å². The van der Waals surface area contributed by atoms with E-state index in [1.807, 2.05) is 37.3 Å². The van der Waals surface area contributed by atoms with Gasteiger partial charge in [-0.1, -0.05) is 18.2 Å². The Hall–Kier alpha value is -2.63. The largest absolute Gasteiger partial charge is 0.383 e. The molecule has 6 heteroatoms. The maximum absolute atomic E-state index is 12.5. The highest BCUT2D eigenvalue weighted by atomic mass is 16.1. The predicted octanol–water partition coefficient (Wildman–Crippen LogP) is 2.31. The van der Waals surface area contributed by atoms with Crippen molar-refractivity contribution in [2.75, 3.05) is 29.9 Å². The average Bonchev–Trinajstić information content (AvgIpc) is 2.68. The fourth-order valence-corrected chi connectivity index (χ4v) is 3.06. The number of para-hydroxylation sites is 1. The summed E-state index contributed by atoms with van der Waals surface area (Å²) in [4.78, 5) is 23.1. The summed E-state index contributed by atoms with van der Waals surface area (Å²) >= 11 is 0. The molecule has 1 unspecified atom stereocenters. The third-order valence-electron chi connectivity index (χ3n) is 4.51. The summed E-state index contributed by atoms with van der Waals surface area (Å²) in [6.07, 6.45) is 6.85. The standard InChI is InChI=1S/C19H25N5O/c1-15(13-22-17-5-3-2-4-6-17)23-19(25)16-7-11-24(12-8-16)18-14-20-9-10-21-18/h2-6,9-10,14-16,22H,7-8,11-13H2,1H3,(H,23,25). The highest BCUT2D eigenvalue weighted by molar-refractivity contribution is 5.79. The highest BCUT2D eigenvalue weighted by Crippen LogP contribution is 2.21. The lowest BCUT2D eigenvalue weighted by molar-refractivity contribution is -0.126. The minimum absolute atomic E-state index is 0.0760. The molecule has 0 spiro atoms. The molecule has 1 aliphatic heterocycles. The molecular weight excluding hydrogens is 314 g/mol. The Morgan fingerprint density at radius 3 is 2.68 bits per heavy atom. The van der Waals surface area contributed by atoms with E-state index in [-0.39, 0.29) is 17.9 Å². The Labute approximate surface area is 148 Å².